The second-order valence-electron chi connectivity index (χ2n) is 5.10. The highest BCUT2D eigenvalue weighted by atomic mass is 79.9. The van der Waals surface area contributed by atoms with Gasteiger partial charge in [-0.3, -0.25) is 0 Å². The minimum Gasteiger partial charge on any atom is -0.125 e. The van der Waals surface area contributed by atoms with Crippen LogP contribution in [0.5, 0.6) is 0 Å². The van der Waals surface area contributed by atoms with E-state index in [4.69, 9.17) is 0 Å². The van der Waals surface area contributed by atoms with Crippen LogP contribution >= 0.6 is 39.5 Å². The fourth-order valence-corrected chi connectivity index (χ4v) is 4.96. The molecule has 23 heavy (non-hydrogen) atoms. The fourth-order valence-electron chi connectivity index (χ4n) is 2.26. The van der Waals surface area contributed by atoms with E-state index in [1.54, 1.807) is 0 Å². The van der Waals surface area contributed by atoms with Crippen LogP contribution in [0.25, 0.3) is 0 Å². The predicted molar refractivity (Wildman–Crippen MR) is 106 cm³/mol. The first-order valence-electron chi connectivity index (χ1n) is 7.46. The Balaban J connectivity index is 1.78. The molecule has 3 aromatic rings. The third-order valence-corrected chi connectivity index (χ3v) is 6.46. The highest BCUT2D eigenvalue weighted by Gasteiger charge is 2.14. The van der Waals surface area contributed by atoms with Crippen molar-refractivity contribution >= 4 is 39.5 Å². The van der Waals surface area contributed by atoms with Gasteiger partial charge in [0.2, 0.25) is 0 Å². The zero-order chi connectivity index (χ0) is 15.9. The van der Waals surface area contributed by atoms with Crippen molar-refractivity contribution in [2.24, 2.45) is 0 Å². The topological polar surface area (TPSA) is 0 Å². The van der Waals surface area contributed by atoms with Crippen LogP contribution in [0, 0.1) is 0 Å². The van der Waals surface area contributed by atoms with E-state index >= 15 is 0 Å². The summed E-state index contributed by atoms with van der Waals surface area (Å²) in [5.74, 6) is 1.04. The van der Waals surface area contributed by atoms with Gasteiger partial charge < -0.3 is 0 Å². The average Bonchev–Trinajstić information content (AvgIpc) is 2.60. The third kappa shape index (κ3) is 5.17. The predicted octanol–water partition coefficient (Wildman–Crippen LogP) is 7.07. The summed E-state index contributed by atoms with van der Waals surface area (Å²) in [5.41, 5.74) is 1.36. The Labute approximate surface area is 154 Å². The molecule has 0 bridgehead atoms. The van der Waals surface area contributed by atoms with E-state index in [1.165, 1.54) is 15.4 Å². The summed E-state index contributed by atoms with van der Waals surface area (Å²) in [6.45, 7) is 0. The van der Waals surface area contributed by atoms with Gasteiger partial charge in [-0.1, -0.05) is 64.5 Å². The Morgan fingerprint density at radius 1 is 0.739 bits per heavy atom. The van der Waals surface area contributed by atoms with Crippen LogP contribution in [0.15, 0.2) is 99.2 Å². The minimum absolute atomic E-state index is 0.417. The maximum absolute atomic E-state index is 3.60. The Bertz CT molecular complexity index is 729. The van der Waals surface area contributed by atoms with Crippen molar-refractivity contribution in [3.05, 3.63) is 95.0 Å². The van der Waals surface area contributed by atoms with Crippen LogP contribution < -0.4 is 0 Å². The van der Waals surface area contributed by atoms with Crippen molar-refractivity contribution in [3.8, 4) is 0 Å². The molecule has 0 aliphatic carbocycles. The van der Waals surface area contributed by atoms with E-state index in [2.05, 4.69) is 101 Å². The third-order valence-electron chi connectivity index (χ3n) is 3.39. The first-order chi connectivity index (χ1) is 11.3. The van der Waals surface area contributed by atoms with Crippen molar-refractivity contribution in [2.75, 3.05) is 5.75 Å². The molecule has 3 rings (SSSR count). The molecule has 0 radical (unpaired) electrons. The summed E-state index contributed by atoms with van der Waals surface area (Å²) in [7, 11) is 0. The van der Waals surface area contributed by atoms with Gasteiger partial charge in [-0.25, -0.2) is 0 Å². The molecular weight excluding hydrogens is 384 g/mol. The summed E-state index contributed by atoms with van der Waals surface area (Å²) in [4.78, 5) is 2.63. The molecule has 3 aromatic carbocycles. The Morgan fingerprint density at radius 3 is 2.04 bits per heavy atom. The number of hydrogen-bond donors (Lipinski definition) is 0. The molecule has 0 amide bonds. The second kappa shape index (κ2) is 8.62. The summed E-state index contributed by atoms with van der Waals surface area (Å²) < 4.78 is 1.14. The molecule has 0 saturated heterocycles. The summed E-state index contributed by atoms with van der Waals surface area (Å²) in [5, 5.41) is 0.417. The lowest BCUT2D eigenvalue weighted by molar-refractivity contribution is 1.11. The van der Waals surface area contributed by atoms with Gasteiger partial charge in [-0.05, 0) is 42.0 Å². The maximum Gasteiger partial charge on any atom is 0.0438 e. The lowest BCUT2D eigenvalue weighted by Gasteiger charge is -2.17. The van der Waals surface area contributed by atoms with Crippen LogP contribution in [-0.2, 0) is 0 Å². The zero-order valence-corrected chi connectivity index (χ0v) is 15.8. The van der Waals surface area contributed by atoms with Gasteiger partial charge >= 0.3 is 0 Å². The molecule has 0 aliphatic heterocycles. The van der Waals surface area contributed by atoms with Gasteiger partial charge in [-0.15, -0.1) is 23.5 Å². The number of halogens is 1. The largest absolute Gasteiger partial charge is 0.125 e. The molecule has 1 atom stereocenters. The normalized spacial score (nSPS) is 12.0. The molecule has 116 valence electrons. The van der Waals surface area contributed by atoms with Crippen LogP contribution in [0.4, 0.5) is 0 Å². The molecule has 1 unspecified atom stereocenters. The molecule has 0 nitrogen and oxygen atoms in total. The molecule has 0 saturated carbocycles. The standard InChI is InChI=1S/C20H17BrS2/c21-17-9-7-8-16(14-17)20(23-19-12-5-2-6-13-19)15-22-18-10-3-1-4-11-18/h1-14,20H,15H2. The van der Waals surface area contributed by atoms with E-state index in [0.29, 0.717) is 5.25 Å². The summed E-state index contributed by atoms with van der Waals surface area (Å²) >= 11 is 7.44. The van der Waals surface area contributed by atoms with Gasteiger partial charge in [-0.2, -0.15) is 0 Å². The quantitative estimate of drug-likeness (QED) is 0.405. The molecule has 0 fully saturated rings. The first kappa shape index (κ1) is 16.7. The zero-order valence-electron chi connectivity index (χ0n) is 12.6. The van der Waals surface area contributed by atoms with E-state index in [-0.39, 0.29) is 0 Å². The minimum atomic E-state index is 0.417. The number of benzene rings is 3. The van der Waals surface area contributed by atoms with Crippen molar-refractivity contribution in [1.82, 2.24) is 0 Å². The van der Waals surface area contributed by atoms with E-state index in [1.807, 2.05) is 23.5 Å². The Morgan fingerprint density at radius 2 is 1.39 bits per heavy atom. The van der Waals surface area contributed by atoms with Crippen molar-refractivity contribution in [3.63, 3.8) is 0 Å². The molecule has 0 aromatic heterocycles. The second-order valence-corrected chi connectivity index (χ2v) is 8.38. The Hall–Kier alpha value is -1.16. The first-order valence-corrected chi connectivity index (χ1v) is 10.1. The highest BCUT2D eigenvalue weighted by Crippen LogP contribution is 2.39. The van der Waals surface area contributed by atoms with Crippen molar-refractivity contribution < 1.29 is 0 Å². The SMILES string of the molecule is Brc1cccc(C(CSc2ccccc2)Sc2ccccc2)c1. The highest BCUT2D eigenvalue weighted by molar-refractivity contribution is 9.10. The van der Waals surface area contributed by atoms with E-state index < -0.39 is 0 Å². The van der Waals surface area contributed by atoms with Crippen molar-refractivity contribution in [1.29, 1.82) is 0 Å². The number of rotatable bonds is 6. The molecular formula is C20H17BrS2. The van der Waals surface area contributed by atoms with Gasteiger partial charge in [0.05, 0.1) is 0 Å². The summed E-state index contributed by atoms with van der Waals surface area (Å²) in [6.07, 6.45) is 0. The average molecular weight is 401 g/mol. The lowest BCUT2D eigenvalue weighted by Crippen LogP contribution is -1.98. The van der Waals surface area contributed by atoms with Gasteiger partial charge in [0.15, 0.2) is 0 Å². The van der Waals surface area contributed by atoms with Crippen LogP contribution in [0.2, 0.25) is 0 Å². The monoisotopic (exact) mass is 400 g/mol. The van der Waals surface area contributed by atoms with Gasteiger partial charge in [0.25, 0.3) is 0 Å². The van der Waals surface area contributed by atoms with Crippen molar-refractivity contribution in [2.45, 2.75) is 15.0 Å². The van der Waals surface area contributed by atoms with Crippen LogP contribution in [0.1, 0.15) is 10.8 Å². The van der Waals surface area contributed by atoms with Crippen LogP contribution in [-0.4, -0.2) is 5.75 Å². The van der Waals surface area contributed by atoms with Gasteiger partial charge in [0, 0.05) is 25.3 Å². The van der Waals surface area contributed by atoms with Gasteiger partial charge in [0.1, 0.15) is 0 Å². The number of hydrogen-bond acceptors (Lipinski definition) is 2. The number of thioether (sulfide) groups is 2. The van der Waals surface area contributed by atoms with Crippen LogP contribution in [0.3, 0.4) is 0 Å². The maximum atomic E-state index is 3.60. The lowest BCUT2D eigenvalue weighted by atomic mass is 10.2. The fraction of sp³-hybridized carbons (Fsp3) is 0.100. The Kier molecular flexibility index (Phi) is 6.26. The van der Waals surface area contributed by atoms with E-state index in [0.717, 1.165) is 10.2 Å². The molecule has 0 aliphatic rings. The smallest absolute Gasteiger partial charge is 0.0438 e. The summed E-state index contributed by atoms with van der Waals surface area (Å²) in [6, 6.07) is 29.9. The molecule has 0 N–H and O–H groups in total. The van der Waals surface area contributed by atoms with E-state index in [9.17, 15) is 0 Å². The molecule has 3 heteroatoms. The molecule has 0 spiro atoms. The molecule has 0 heterocycles.